The van der Waals surface area contributed by atoms with Crippen molar-refractivity contribution in [2.75, 3.05) is 13.1 Å². The standard InChI is InChI=1S/C18H31F2N2P/c1-8-15(12(3)23-9-2)16(18(5,6)7)21-13(4)22-10-14(11-22)17(19)20/h9,13-14,17H,8,10-11H2,1-7H3/b15-12+,21-16?. The maximum atomic E-state index is 12.7. The van der Waals surface area contributed by atoms with E-state index in [2.05, 4.69) is 47.3 Å². The van der Waals surface area contributed by atoms with Crippen LogP contribution in [0.2, 0.25) is 0 Å². The fraction of sp³-hybridized carbons (Fsp3) is 0.778. The zero-order chi connectivity index (χ0) is 17.8. The third kappa shape index (κ3) is 5.46. The highest BCUT2D eigenvalue weighted by Crippen LogP contribution is 2.31. The predicted octanol–water partition coefficient (Wildman–Crippen LogP) is 5.47. The number of halogens is 2. The van der Waals surface area contributed by atoms with Crippen molar-refractivity contribution in [3.05, 3.63) is 10.9 Å². The third-order valence-electron chi connectivity index (χ3n) is 4.25. The van der Waals surface area contributed by atoms with Gasteiger partial charge in [-0.25, -0.2) is 8.78 Å². The summed E-state index contributed by atoms with van der Waals surface area (Å²) in [6.07, 6.45) is -1.32. The smallest absolute Gasteiger partial charge is 0.243 e. The van der Waals surface area contributed by atoms with Gasteiger partial charge in [0, 0.05) is 30.1 Å². The van der Waals surface area contributed by atoms with Gasteiger partial charge >= 0.3 is 0 Å². The Morgan fingerprint density at radius 2 is 1.91 bits per heavy atom. The first-order valence-electron chi connectivity index (χ1n) is 8.41. The molecule has 0 radical (unpaired) electrons. The Labute approximate surface area is 141 Å². The molecule has 0 amide bonds. The minimum Gasteiger partial charge on any atom is -0.281 e. The number of alkyl halides is 2. The molecule has 1 unspecified atom stereocenters. The lowest BCUT2D eigenvalue weighted by Crippen LogP contribution is -2.53. The van der Waals surface area contributed by atoms with E-state index in [9.17, 15) is 8.78 Å². The Kier molecular flexibility index (Phi) is 7.54. The number of hydrogen-bond donors (Lipinski definition) is 0. The molecular weight excluding hydrogens is 313 g/mol. The molecule has 0 aromatic rings. The van der Waals surface area contributed by atoms with Gasteiger partial charge in [-0.2, -0.15) is 0 Å². The Morgan fingerprint density at radius 1 is 1.35 bits per heavy atom. The molecule has 1 heterocycles. The zero-order valence-electron chi connectivity index (χ0n) is 15.5. The van der Waals surface area contributed by atoms with Crippen molar-refractivity contribution in [1.82, 2.24) is 4.90 Å². The van der Waals surface area contributed by atoms with E-state index in [1.807, 2.05) is 11.8 Å². The van der Waals surface area contributed by atoms with Crippen LogP contribution >= 0.6 is 8.20 Å². The minimum atomic E-state index is -2.21. The first-order valence-corrected chi connectivity index (χ1v) is 9.37. The quantitative estimate of drug-likeness (QED) is 0.461. The molecule has 1 fully saturated rings. The molecule has 0 saturated carbocycles. The van der Waals surface area contributed by atoms with Crippen LogP contribution in [0, 0.1) is 11.3 Å². The van der Waals surface area contributed by atoms with Gasteiger partial charge in [-0.1, -0.05) is 41.7 Å². The van der Waals surface area contributed by atoms with Gasteiger partial charge in [0.15, 0.2) is 0 Å². The summed E-state index contributed by atoms with van der Waals surface area (Å²) in [5.41, 5.74) is 2.35. The van der Waals surface area contributed by atoms with Gasteiger partial charge in [0.05, 0.1) is 6.17 Å². The Bertz CT molecular complexity index is 484. The second-order valence-electron chi connectivity index (χ2n) is 7.21. The molecule has 5 heteroatoms. The Morgan fingerprint density at radius 3 is 2.30 bits per heavy atom. The first kappa shape index (κ1) is 20.4. The molecule has 132 valence electrons. The number of aliphatic imine (C=N–C) groups is 1. The molecule has 2 nitrogen and oxygen atoms in total. The summed E-state index contributed by atoms with van der Waals surface area (Å²) < 4.78 is 25.3. The summed E-state index contributed by atoms with van der Waals surface area (Å²) in [7, 11) is 1.22. The van der Waals surface area contributed by atoms with E-state index >= 15 is 0 Å². The molecule has 0 aromatic carbocycles. The predicted molar refractivity (Wildman–Crippen MR) is 99.1 cm³/mol. The Balaban J connectivity index is 3.05. The van der Waals surface area contributed by atoms with E-state index in [1.54, 1.807) is 0 Å². The maximum Gasteiger partial charge on any atom is 0.243 e. The van der Waals surface area contributed by atoms with Crippen molar-refractivity contribution < 1.29 is 8.78 Å². The van der Waals surface area contributed by atoms with Crippen LogP contribution in [-0.4, -0.2) is 42.1 Å². The van der Waals surface area contributed by atoms with Crippen LogP contribution in [0.4, 0.5) is 8.78 Å². The van der Waals surface area contributed by atoms with E-state index in [4.69, 9.17) is 4.99 Å². The average Bonchev–Trinajstić information content (AvgIpc) is 2.35. The molecule has 1 saturated heterocycles. The molecule has 0 aliphatic carbocycles. The summed E-state index contributed by atoms with van der Waals surface area (Å²) in [5.74, 6) is 1.65. The summed E-state index contributed by atoms with van der Waals surface area (Å²) >= 11 is 0. The molecule has 1 aliphatic rings. The van der Waals surface area contributed by atoms with Crippen molar-refractivity contribution >= 4 is 19.7 Å². The molecule has 0 aromatic heterocycles. The summed E-state index contributed by atoms with van der Waals surface area (Å²) in [5, 5.41) is 1.32. The fourth-order valence-corrected chi connectivity index (χ4v) is 3.68. The Hall–Kier alpha value is -0.600. The van der Waals surface area contributed by atoms with Crippen molar-refractivity contribution in [2.45, 2.75) is 67.5 Å². The monoisotopic (exact) mass is 344 g/mol. The number of hydrogen-bond acceptors (Lipinski definition) is 2. The lowest BCUT2D eigenvalue weighted by atomic mass is 9.84. The van der Waals surface area contributed by atoms with Gasteiger partial charge in [0.1, 0.15) is 0 Å². The van der Waals surface area contributed by atoms with Crippen molar-refractivity contribution in [2.24, 2.45) is 16.3 Å². The zero-order valence-corrected chi connectivity index (χ0v) is 16.4. The minimum absolute atomic E-state index is 0.0455. The van der Waals surface area contributed by atoms with E-state index in [0.29, 0.717) is 13.1 Å². The second-order valence-corrected chi connectivity index (χ2v) is 8.66. The van der Waals surface area contributed by atoms with E-state index in [-0.39, 0.29) is 11.6 Å². The topological polar surface area (TPSA) is 15.6 Å². The van der Waals surface area contributed by atoms with E-state index in [1.165, 1.54) is 19.1 Å². The van der Waals surface area contributed by atoms with Gasteiger partial charge in [0.2, 0.25) is 6.43 Å². The number of likely N-dealkylation sites (tertiary alicyclic amines) is 1. The SMILES string of the molecule is CC=P/C(C)=C(\CC)C(=NC(C)N1CC(C(F)F)C1)C(C)(C)C. The summed E-state index contributed by atoms with van der Waals surface area (Å²) in [4.78, 5) is 7.00. The molecule has 1 aliphatic heterocycles. The molecular formula is C18H31F2N2P. The number of nitrogens with zero attached hydrogens (tertiary/aromatic N) is 2. The fourth-order valence-electron chi connectivity index (χ4n) is 2.87. The number of rotatable bonds is 6. The van der Waals surface area contributed by atoms with Crippen LogP contribution in [0.3, 0.4) is 0 Å². The molecule has 23 heavy (non-hydrogen) atoms. The van der Waals surface area contributed by atoms with Crippen LogP contribution in [0.1, 0.15) is 54.9 Å². The lowest BCUT2D eigenvalue weighted by Gasteiger charge is -2.42. The average molecular weight is 344 g/mol. The lowest BCUT2D eigenvalue weighted by molar-refractivity contribution is -0.0392. The van der Waals surface area contributed by atoms with Crippen LogP contribution in [-0.2, 0) is 0 Å². The van der Waals surface area contributed by atoms with Crippen molar-refractivity contribution in [1.29, 1.82) is 0 Å². The largest absolute Gasteiger partial charge is 0.281 e. The van der Waals surface area contributed by atoms with Gasteiger partial charge in [0.25, 0.3) is 0 Å². The highest BCUT2D eigenvalue weighted by atomic mass is 31.1. The van der Waals surface area contributed by atoms with Gasteiger partial charge in [-0.3, -0.25) is 9.89 Å². The van der Waals surface area contributed by atoms with Crippen LogP contribution in [0.25, 0.3) is 0 Å². The van der Waals surface area contributed by atoms with Crippen molar-refractivity contribution in [3.63, 3.8) is 0 Å². The first-order chi connectivity index (χ1) is 10.6. The number of allylic oxidation sites excluding steroid dienone is 2. The summed E-state index contributed by atoms with van der Waals surface area (Å²) in [6.45, 7) is 15.8. The highest BCUT2D eigenvalue weighted by Gasteiger charge is 2.36. The highest BCUT2D eigenvalue weighted by molar-refractivity contribution is 7.43. The second kappa shape index (κ2) is 8.48. The molecule has 0 N–H and O–H groups in total. The van der Waals surface area contributed by atoms with Crippen LogP contribution in [0.5, 0.6) is 0 Å². The van der Waals surface area contributed by atoms with Gasteiger partial charge < -0.3 is 0 Å². The van der Waals surface area contributed by atoms with Crippen molar-refractivity contribution in [3.8, 4) is 0 Å². The molecule has 0 bridgehead atoms. The van der Waals surface area contributed by atoms with Gasteiger partial charge in [-0.05, 0) is 38.1 Å². The van der Waals surface area contributed by atoms with Crippen LogP contribution in [0.15, 0.2) is 15.9 Å². The summed E-state index contributed by atoms with van der Waals surface area (Å²) in [6, 6.07) is 0. The third-order valence-corrected chi connectivity index (χ3v) is 5.16. The molecule has 1 atom stereocenters. The van der Waals surface area contributed by atoms with E-state index in [0.717, 1.165) is 12.1 Å². The normalized spacial score (nSPS) is 20.9. The maximum absolute atomic E-state index is 12.7. The molecule has 0 spiro atoms. The molecule has 1 rings (SSSR count). The van der Waals surface area contributed by atoms with E-state index < -0.39 is 12.3 Å². The van der Waals surface area contributed by atoms with Crippen LogP contribution < -0.4 is 0 Å². The van der Waals surface area contributed by atoms with Gasteiger partial charge in [-0.15, -0.1) is 0 Å².